The molecular weight excluding hydrogens is 334 g/mol. The highest BCUT2D eigenvalue weighted by Crippen LogP contribution is 2.46. The lowest BCUT2D eigenvalue weighted by Crippen LogP contribution is -2.55. The Hall–Kier alpha value is -2.13. The van der Waals surface area contributed by atoms with Crippen molar-refractivity contribution in [2.24, 2.45) is 5.92 Å². The van der Waals surface area contributed by atoms with Gasteiger partial charge in [-0.15, -0.1) is 0 Å². The fraction of sp³-hybridized carbons (Fsp3) is 0.458. The molecule has 2 atom stereocenters. The summed E-state index contributed by atoms with van der Waals surface area (Å²) in [6.07, 6.45) is 5.04. The summed E-state index contributed by atoms with van der Waals surface area (Å²) in [5.74, 6) is 0.655. The Morgan fingerprint density at radius 3 is 2.48 bits per heavy atom. The quantitative estimate of drug-likeness (QED) is 0.706. The fourth-order valence-corrected chi connectivity index (χ4v) is 4.61. The summed E-state index contributed by atoms with van der Waals surface area (Å²) >= 11 is 0. The molecule has 2 aliphatic rings. The molecule has 1 saturated carbocycles. The van der Waals surface area contributed by atoms with Crippen LogP contribution in [0.25, 0.3) is 0 Å². The topological polar surface area (TPSA) is 29.5 Å². The molecule has 0 N–H and O–H groups in total. The zero-order chi connectivity index (χ0) is 18.9. The molecule has 0 unspecified atom stereocenters. The van der Waals surface area contributed by atoms with Gasteiger partial charge >= 0.3 is 5.97 Å². The minimum absolute atomic E-state index is 0.139. The van der Waals surface area contributed by atoms with E-state index in [0.717, 1.165) is 36.4 Å². The van der Waals surface area contributed by atoms with Gasteiger partial charge in [0, 0.05) is 24.1 Å². The van der Waals surface area contributed by atoms with Gasteiger partial charge in [0.15, 0.2) is 5.60 Å². The van der Waals surface area contributed by atoms with Gasteiger partial charge in [-0.1, -0.05) is 61.5 Å². The third-order valence-corrected chi connectivity index (χ3v) is 6.12. The van der Waals surface area contributed by atoms with Gasteiger partial charge in [-0.25, -0.2) is 0 Å². The minimum Gasteiger partial charge on any atom is -0.447 e. The van der Waals surface area contributed by atoms with E-state index in [9.17, 15) is 4.79 Å². The summed E-state index contributed by atoms with van der Waals surface area (Å²) in [5.41, 5.74) is 2.78. The zero-order valence-electron chi connectivity index (χ0n) is 16.4. The molecule has 2 aromatic rings. The summed E-state index contributed by atoms with van der Waals surface area (Å²) < 4.78 is 6.40. The molecule has 0 saturated heterocycles. The molecular formula is C24H29NO2. The Balaban J connectivity index is 1.88. The fourth-order valence-electron chi connectivity index (χ4n) is 4.61. The van der Waals surface area contributed by atoms with Gasteiger partial charge in [-0.05, 0) is 44.2 Å². The van der Waals surface area contributed by atoms with Gasteiger partial charge in [0.25, 0.3) is 0 Å². The largest absolute Gasteiger partial charge is 0.447 e. The van der Waals surface area contributed by atoms with Crippen LogP contribution in [-0.4, -0.2) is 30.5 Å². The average Bonchev–Trinajstić information content (AvgIpc) is 3.52. The van der Waals surface area contributed by atoms with Crippen LogP contribution in [0.2, 0.25) is 0 Å². The van der Waals surface area contributed by atoms with Crippen LogP contribution in [0.15, 0.2) is 54.6 Å². The number of hydrogen-bond acceptors (Lipinski definition) is 3. The first-order valence-corrected chi connectivity index (χ1v) is 10.2. The van der Waals surface area contributed by atoms with Crippen molar-refractivity contribution in [3.05, 3.63) is 71.3 Å². The number of fused-ring (bicyclic) bond motifs is 1. The summed E-state index contributed by atoms with van der Waals surface area (Å²) in [7, 11) is 2.20. The van der Waals surface area contributed by atoms with Crippen molar-refractivity contribution in [3.8, 4) is 0 Å². The second-order valence-corrected chi connectivity index (χ2v) is 8.02. The number of ether oxygens (including phenoxy) is 1. The molecule has 0 heterocycles. The molecule has 3 nitrogen and oxygen atoms in total. The third-order valence-electron chi connectivity index (χ3n) is 6.12. The molecule has 0 aliphatic heterocycles. The van der Waals surface area contributed by atoms with Crippen LogP contribution in [0.1, 0.15) is 49.3 Å². The van der Waals surface area contributed by atoms with E-state index in [2.05, 4.69) is 48.3 Å². The van der Waals surface area contributed by atoms with Gasteiger partial charge in [0.05, 0.1) is 6.04 Å². The zero-order valence-corrected chi connectivity index (χ0v) is 16.4. The van der Waals surface area contributed by atoms with E-state index >= 15 is 0 Å². The van der Waals surface area contributed by atoms with E-state index in [1.54, 1.807) is 0 Å². The van der Waals surface area contributed by atoms with Crippen molar-refractivity contribution in [2.45, 2.75) is 50.7 Å². The molecule has 4 rings (SSSR count). The van der Waals surface area contributed by atoms with Crippen LogP contribution in [0, 0.1) is 5.92 Å². The maximum absolute atomic E-state index is 12.6. The van der Waals surface area contributed by atoms with Gasteiger partial charge in [-0.2, -0.15) is 0 Å². The van der Waals surface area contributed by atoms with Crippen molar-refractivity contribution in [1.82, 2.24) is 4.90 Å². The monoisotopic (exact) mass is 363 g/mol. The van der Waals surface area contributed by atoms with Crippen LogP contribution in [0.5, 0.6) is 0 Å². The smallest absolute Gasteiger partial charge is 0.306 e. The number of likely N-dealkylation sites (N-methyl/N-ethyl adjacent to an activating group) is 1. The highest BCUT2D eigenvalue weighted by Gasteiger charge is 2.51. The molecule has 0 spiro atoms. The Kier molecular flexibility index (Phi) is 5.05. The van der Waals surface area contributed by atoms with E-state index < -0.39 is 5.60 Å². The second-order valence-electron chi connectivity index (χ2n) is 8.02. The van der Waals surface area contributed by atoms with E-state index in [1.807, 2.05) is 25.1 Å². The van der Waals surface area contributed by atoms with Crippen LogP contribution in [-0.2, 0) is 21.6 Å². The Labute approximate surface area is 162 Å². The van der Waals surface area contributed by atoms with Gasteiger partial charge in [0.1, 0.15) is 0 Å². The van der Waals surface area contributed by atoms with Crippen molar-refractivity contribution >= 4 is 5.97 Å². The second kappa shape index (κ2) is 7.47. The lowest BCUT2D eigenvalue weighted by atomic mass is 9.70. The molecule has 0 amide bonds. The maximum atomic E-state index is 12.6. The Morgan fingerprint density at radius 2 is 1.78 bits per heavy atom. The first-order chi connectivity index (χ1) is 13.1. The molecule has 2 aromatic carbocycles. The summed E-state index contributed by atoms with van der Waals surface area (Å²) in [4.78, 5) is 15.1. The standard InChI is InChI=1S/C24H29NO2/c1-3-23(26)27-24(20-10-5-4-6-11-20)21-12-8-7-9-19(21)15-16-22(24)25(2)17-18-13-14-18/h4-12,18,22H,3,13-17H2,1-2H3/t22-,24+/m1/s1. The van der Waals surface area contributed by atoms with Crippen LogP contribution >= 0.6 is 0 Å². The number of benzene rings is 2. The number of carbonyl (C=O) groups excluding carboxylic acids is 1. The number of carbonyl (C=O) groups is 1. The number of nitrogens with zero attached hydrogens (tertiary/aromatic N) is 1. The summed E-state index contributed by atoms with van der Waals surface area (Å²) in [6.45, 7) is 2.95. The van der Waals surface area contributed by atoms with Gasteiger partial charge in [-0.3, -0.25) is 9.69 Å². The van der Waals surface area contributed by atoms with E-state index in [4.69, 9.17) is 4.74 Å². The van der Waals surface area contributed by atoms with E-state index in [-0.39, 0.29) is 12.0 Å². The normalized spacial score (nSPS) is 24.5. The highest BCUT2D eigenvalue weighted by atomic mass is 16.6. The van der Waals surface area contributed by atoms with Crippen LogP contribution in [0.3, 0.4) is 0 Å². The number of hydrogen-bond donors (Lipinski definition) is 0. The molecule has 142 valence electrons. The Morgan fingerprint density at radius 1 is 1.07 bits per heavy atom. The SMILES string of the molecule is CCC(=O)O[C@@]1(c2ccccc2)c2ccccc2CC[C@H]1N(C)CC1CC1. The van der Waals surface area contributed by atoms with Crippen LogP contribution < -0.4 is 0 Å². The van der Waals surface area contributed by atoms with Crippen molar-refractivity contribution in [1.29, 1.82) is 0 Å². The van der Waals surface area contributed by atoms with Crippen molar-refractivity contribution in [3.63, 3.8) is 0 Å². The van der Waals surface area contributed by atoms with E-state index in [0.29, 0.717) is 6.42 Å². The maximum Gasteiger partial charge on any atom is 0.306 e. The number of rotatable bonds is 6. The van der Waals surface area contributed by atoms with Gasteiger partial charge in [0.2, 0.25) is 0 Å². The number of aryl methyl sites for hydroxylation is 1. The predicted molar refractivity (Wildman–Crippen MR) is 108 cm³/mol. The molecule has 27 heavy (non-hydrogen) atoms. The molecule has 0 radical (unpaired) electrons. The van der Waals surface area contributed by atoms with E-state index in [1.165, 1.54) is 18.4 Å². The summed E-state index contributed by atoms with van der Waals surface area (Å²) in [5, 5.41) is 0. The van der Waals surface area contributed by atoms with Crippen molar-refractivity contribution in [2.75, 3.05) is 13.6 Å². The number of esters is 1. The first-order valence-electron chi connectivity index (χ1n) is 10.2. The predicted octanol–water partition coefficient (Wildman–Crippen LogP) is 4.54. The molecule has 3 heteroatoms. The van der Waals surface area contributed by atoms with Gasteiger partial charge < -0.3 is 4.74 Å². The third kappa shape index (κ3) is 3.41. The highest BCUT2D eigenvalue weighted by molar-refractivity contribution is 5.71. The lowest BCUT2D eigenvalue weighted by Gasteiger charge is -2.48. The molecule has 2 aliphatic carbocycles. The molecule has 0 bridgehead atoms. The summed E-state index contributed by atoms with van der Waals surface area (Å²) in [6, 6.07) is 19.0. The minimum atomic E-state index is -0.743. The Bertz CT molecular complexity index is 799. The first kappa shape index (κ1) is 18.2. The van der Waals surface area contributed by atoms with Crippen LogP contribution in [0.4, 0.5) is 0 Å². The van der Waals surface area contributed by atoms with Crippen molar-refractivity contribution < 1.29 is 9.53 Å². The molecule has 0 aromatic heterocycles. The lowest BCUT2D eigenvalue weighted by molar-refractivity contribution is -0.164. The average molecular weight is 364 g/mol. The molecule has 1 fully saturated rings.